The van der Waals surface area contributed by atoms with Gasteiger partial charge in [-0.1, -0.05) is 11.3 Å². The van der Waals surface area contributed by atoms with Crippen LogP contribution in [-0.4, -0.2) is 36.3 Å². The Bertz CT molecular complexity index is 1100. The van der Waals surface area contributed by atoms with Gasteiger partial charge in [0.25, 0.3) is 0 Å². The fraction of sp³-hybridized carbons (Fsp3) is 0.158. The van der Waals surface area contributed by atoms with Crippen LogP contribution in [-0.2, 0) is 0 Å². The molecule has 4 aromatic rings. The highest BCUT2D eigenvalue weighted by atomic mass is 32.1. The Morgan fingerprint density at radius 2 is 1.83 bits per heavy atom. The van der Waals surface area contributed by atoms with Crippen molar-refractivity contribution in [3.63, 3.8) is 0 Å². The third kappa shape index (κ3) is 3.71. The average molecular weight is 430 g/mol. The summed E-state index contributed by atoms with van der Waals surface area (Å²) < 4.78 is 16.1. The third-order valence-electron chi connectivity index (χ3n) is 4.14. The Morgan fingerprint density at radius 1 is 1.07 bits per heavy atom. The minimum Gasteiger partial charge on any atom is -0.493 e. The summed E-state index contributed by atoms with van der Waals surface area (Å²) in [5.41, 5.74) is 8.74. The fourth-order valence-electron chi connectivity index (χ4n) is 2.81. The van der Waals surface area contributed by atoms with Gasteiger partial charge in [-0.25, -0.2) is 9.97 Å². The maximum atomic E-state index is 6.16. The molecule has 0 aliphatic heterocycles. The molecule has 0 atom stereocenters. The van der Waals surface area contributed by atoms with E-state index in [1.54, 1.807) is 21.3 Å². The Labute approximate surface area is 175 Å². The van der Waals surface area contributed by atoms with E-state index in [2.05, 4.69) is 20.3 Å². The number of nitrogens with two attached hydrogens (primary N) is 1. The fourth-order valence-corrected chi connectivity index (χ4v) is 4.63. The molecule has 3 aromatic heterocycles. The molecule has 0 bridgehead atoms. The Balaban J connectivity index is 1.62. The Hall–Kier alpha value is -3.24. The highest BCUT2D eigenvalue weighted by Crippen LogP contribution is 2.42. The lowest BCUT2D eigenvalue weighted by Gasteiger charge is -2.14. The van der Waals surface area contributed by atoms with E-state index in [1.807, 2.05) is 35.8 Å². The molecule has 29 heavy (non-hydrogen) atoms. The molecule has 8 nitrogen and oxygen atoms in total. The summed E-state index contributed by atoms with van der Waals surface area (Å²) >= 11 is 2.96. The molecule has 0 fully saturated rings. The number of nitrogen functional groups attached to an aromatic ring is 1. The molecule has 0 saturated heterocycles. The lowest BCUT2D eigenvalue weighted by Crippen LogP contribution is -1.97. The van der Waals surface area contributed by atoms with Crippen LogP contribution in [0.2, 0.25) is 0 Å². The zero-order chi connectivity index (χ0) is 20.4. The molecule has 0 radical (unpaired) electrons. The van der Waals surface area contributed by atoms with Gasteiger partial charge in [-0.15, -0.1) is 11.3 Å². The number of benzene rings is 1. The molecule has 4 rings (SSSR count). The first-order valence-corrected chi connectivity index (χ1v) is 10.3. The van der Waals surface area contributed by atoms with Crippen molar-refractivity contribution in [3.8, 4) is 38.5 Å². The van der Waals surface area contributed by atoms with Crippen LogP contribution >= 0.6 is 22.7 Å². The SMILES string of the molecule is COc1cc(Nc2nc(N)c(-c3nc(-c4ccc[nH]4)cs3)s2)cc(OC)c1OC. The van der Waals surface area contributed by atoms with Crippen LogP contribution in [0.15, 0.2) is 35.8 Å². The first kappa shape index (κ1) is 19.1. The van der Waals surface area contributed by atoms with Gasteiger partial charge in [0, 0.05) is 29.4 Å². The molecule has 0 aliphatic rings. The largest absolute Gasteiger partial charge is 0.493 e. The van der Waals surface area contributed by atoms with Crippen LogP contribution in [0.3, 0.4) is 0 Å². The molecule has 0 unspecified atom stereocenters. The number of H-pyrrole nitrogens is 1. The van der Waals surface area contributed by atoms with Gasteiger partial charge in [0.2, 0.25) is 5.75 Å². The average Bonchev–Trinajstić information content (AvgIpc) is 3.47. The number of hydrogen-bond donors (Lipinski definition) is 3. The summed E-state index contributed by atoms with van der Waals surface area (Å²) in [4.78, 5) is 13.1. The van der Waals surface area contributed by atoms with Crippen LogP contribution in [0, 0.1) is 0 Å². The van der Waals surface area contributed by atoms with Crippen LogP contribution < -0.4 is 25.3 Å². The highest BCUT2D eigenvalue weighted by Gasteiger charge is 2.17. The van der Waals surface area contributed by atoms with Crippen molar-refractivity contribution in [2.24, 2.45) is 0 Å². The second-order valence-electron chi connectivity index (χ2n) is 5.89. The van der Waals surface area contributed by atoms with Gasteiger partial charge in [-0.05, 0) is 12.1 Å². The van der Waals surface area contributed by atoms with Crippen molar-refractivity contribution in [1.82, 2.24) is 15.0 Å². The van der Waals surface area contributed by atoms with Crippen LogP contribution in [0.1, 0.15) is 0 Å². The summed E-state index contributed by atoms with van der Waals surface area (Å²) in [5, 5.41) is 6.71. The normalized spacial score (nSPS) is 10.7. The van der Waals surface area contributed by atoms with E-state index in [-0.39, 0.29) is 0 Å². The van der Waals surface area contributed by atoms with E-state index in [0.717, 1.165) is 27.0 Å². The molecule has 0 amide bonds. The standard InChI is InChI=1S/C19H19N5O3S2/c1-25-13-7-10(8-14(26-2)15(13)27-3)22-19-24-17(20)16(29-19)18-23-12(9-28-18)11-5-4-6-21-11/h4-9,21H,20H2,1-3H3,(H,22,24). The van der Waals surface area contributed by atoms with Gasteiger partial charge < -0.3 is 30.2 Å². The van der Waals surface area contributed by atoms with E-state index in [9.17, 15) is 0 Å². The van der Waals surface area contributed by atoms with Gasteiger partial charge in [0.1, 0.15) is 15.7 Å². The van der Waals surface area contributed by atoms with Crippen molar-refractivity contribution in [1.29, 1.82) is 0 Å². The van der Waals surface area contributed by atoms with E-state index < -0.39 is 0 Å². The van der Waals surface area contributed by atoms with Gasteiger partial charge in [0.05, 0.1) is 32.7 Å². The summed E-state index contributed by atoms with van der Waals surface area (Å²) in [6.07, 6.45) is 1.87. The first-order valence-electron chi connectivity index (χ1n) is 8.56. The van der Waals surface area contributed by atoms with Gasteiger partial charge >= 0.3 is 0 Å². The van der Waals surface area contributed by atoms with Crippen molar-refractivity contribution in [2.45, 2.75) is 0 Å². The maximum absolute atomic E-state index is 6.16. The van der Waals surface area contributed by atoms with Crippen molar-refractivity contribution in [2.75, 3.05) is 32.4 Å². The number of thiazole rings is 2. The van der Waals surface area contributed by atoms with Gasteiger partial charge in [-0.3, -0.25) is 0 Å². The molecule has 3 heterocycles. The number of aromatic amines is 1. The molecule has 4 N–H and O–H groups in total. The zero-order valence-corrected chi connectivity index (χ0v) is 17.6. The molecule has 0 spiro atoms. The molecule has 10 heteroatoms. The van der Waals surface area contributed by atoms with Crippen molar-refractivity contribution >= 4 is 39.3 Å². The molecule has 1 aromatic carbocycles. The molecule has 0 aliphatic carbocycles. The van der Waals surface area contributed by atoms with E-state index in [4.69, 9.17) is 19.9 Å². The number of nitrogens with zero attached hydrogens (tertiary/aromatic N) is 2. The summed E-state index contributed by atoms with van der Waals surface area (Å²) in [5.74, 6) is 2.06. The van der Waals surface area contributed by atoms with Gasteiger partial charge in [-0.2, -0.15) is 0 Å². The molecule has 150 valence electrons. The number of rotatable bonds is 7. The van der Waals surface area contributed by atoms with Crippen LogP contribution in [0.4, 0.5) is 16.6 Å². The summed E-state index contributed by atoms with van der Waals surface area (Å²) in [6, 6.07) is 7.54. The summed E-state index contributed by atoms with van der Waals surface area (Å²) in [6.45, 7) is 0. The number of nitrogens with one attached hydrogen (secondary N) is 2. The number of anilines is 3. The molecular weight excluding hydrogens is 410 g/mol. The summed E-state index contributed by atoms with van der Waals surface area (Å²) in [7, 11) is 4.71. The number of methoxy groups -OCH3 is 3. The predicted octanol–water partition coefficient (Wildman–Crippen LogP) is 4.61. The third-order valence-corrected chi connectivity index (χ3v) is 6.12. The Morgan fingerprint density at radius 3 is 2.45 bits per heavy atom. The number of ether oxygens (including phenoxy) is 3. The van der Waals surface area contributed by atoms with Crippen LogP contribution in [0.5, 0.6) is 17.2 Å². The minimum absolute atomic E-state index is 0.428. The second-order valence-corrected chi connectivity index (χ2v) is 7.75. The monoisotopic (exact) mass is 429 g/mol. The maximum Gasteiger partial charge on any atom is 0.203 e. The molecular formula is C19H19N5O3S2. The quantitative estimate of drug-likeness (QED) is 0.394. The van der Waals surface area contributed by atoms with Gasteiger partial charge in [0.15, 0.2) is 16.6 Å². The van der Waals surface area contributed by atoms with Crippen molar-refractivity contribution in [3.05, 3.63) is 35.8 Å². The second kappa shape index (κ2) is 8.02. The number of hydrogen-bond acceptors (Lipinski definition) is 9. The smallest absolute Gasteiger partial charge is 0.203 e. The van der Waals surface area contributed by atoms with E-state index in [0.29, 0.717) is 28.2 Å². The Kier molecular flexibility index (Phi) is 5.28. The number of aromatic nitrogens is 3. The van der Waals surface area contributed by atoms with E-state index >= 15 is 0 Å². The zero-order valence-electron chi connectivity index (χ0n) is 16.0. The van der Waals surface area contributed by atoms with Crippen molar-refractivity contribution < 1.29 is 14.2 Å². The lowest BCUT2D eigenvalue weighted by molar-refractivity contribution is 0.324. The lowest BCUT2D eigenvalue weighted by atomic mass is 10.2. The van der Waals surface area contributed by atoms with Crippen LogP contribution in [0.25, 0.3) is 21.3 Å². The molecule has 0 saturated carbocycles. The highest BCUT2D eigenvalue weighted by molar-refractivity contribution is 7.23. The first-order chi connectivity index (χ1) is 14.1. The predicted molar refractivity (Wildman–Crippen MR) is 117 cm³/mol. The topological polar surface area (TPSA) is 107 Å². The van der Waals surface area contributed by atoms with E-state index in [1.165, 1.54) is 22.7 Å². The minimum atomic E-state index is 0.428.